The van der Waals surface area contributed by atoms with Crippen molar-refractivity contribution in [2.75, 3.05) is 23.8 Å². The molecule has 3 aromatic rings. The highest BCUT2D eigenvalue weighted by atomic mass is 35.5. The first-order valence-corrected chi connectivity index (χ1v) is 15.4. The summed E-state index contributed by atoms with van der Waals surface area (Å²) in [5, 5.41) is 16.9. The predicted molar refractivity (Wildman–Crippen MR) is 167 cm³/mol. The van der Waals surface area contributed by atoms with Gasteiger partial charge in [0.1, 0.15) is 17.4 Å². The van der Waals surface area contributed by atoms with E-state index in [1.165, 1.54) is 4.90 Å². The molecule has 230 valence electrons. The number of aliphatic hydroxyl groups is 1. The van der Waals surface area contributed by atoms with E-state index in [0.717, 1.165) is 11.1 Å². The molecule has 3 amide bonds. The van der Waals surface area contributed by atoms with Crippen molar-refractivity contribution in [3.63, 3.8) is 0 Å². The Kier molecular flexibility index (Phi) is 8.37. The molecule has 3 aliphatic heterocycles. The first-order valence-electron chi connectivity index (χ1n) is 15.0. The summed E-state index contributed by atoms with van der Waals surface area (Å²) in [7, 11) is 0. The van der Waals surface area contributed by atoms with Gasteiger partial charge in [-0.25, -0.2) is 0 Å². The zero-order valence-electron chi connectivity index (χ0n) is 24.7. The number of fused-ring (bicyclic) bond motifs is 1. The fourth-order valence-corrected chi connectivity index (χ4v) is 7.50. The van der Waals surface area contributed by atoms with Crippen molar-refractivity contribution >= 4 is 40.7 Å². The highest BCUT2D eigenvalue weighted by molar-refractivity contribution is 6.34. The average Bonchev–Trinajstić information content (AvgIpc) is 3.67. The number of anilines is 2. The molecule has 6 atom stereocenters. The minimum absolute atomic E-state index is 0.327. The molecule has 6 rings (SSSR count). The maximum Gasteiger partial charge on any atom is 0.250 e. The molecule has 0 radical (unpaired) electrons. The van der Waals surface area contributed by atoms with E-state index in [0.29, 0.717) is 48.0 Å². The summed E-state index contributed by atoms with van der Waals surface area (Å²) in [5.74, 6) is -2.18. The van der Waals surface area contributed by atoms with Gasteiger partial charge in [0.25, 0.3) is 0 Å². The SMILES string of the molecule is CCOc1ccc(NC(=O)[C@@H]2[C@@H]3CCC4(O3)C(C(=O)Nc3c(C)cccc3Cl)N([C@@H](CO)Cc3ccccc3)C(=O)[C@H]24)cc1. The number of aryl methyl sites for hydroxylation is 1. The van der Waals surface area contributed by atoms with Crippen molar-refractivity contribution < 1.29 is 29.0 Å². The zero-order valence-corrected chi connectivity index (χ0v) is 25.4. The van der Waals surface area contributed by atoms with Gasteiger partial charge in [-0.3, -0.25) is 14.4 Å². The van der Waals surface area contributed by atoms with Crippen LogP contribution in [0.1, 0.15) is 30.9 Å². The van der Waals surface area contributed by atoms with Gasteiger partial charge in [-0.05, 0) is 74.6 Å². The first kappa shape index (κ1) is 30.1. The van der Waals surface area contributed by atoms with Gasteiger partial charge in [0, 0.05) is 5.69 Å². The normalized spacial score (nSPS) is 25.9. The van der Waals surface area contributed by atoms with Gasteiger partial charge in [-0.1, -0.05) is 54.1 Å². The molecular weight excluding hydrogens is 582 g/mol. The number of likely N-dealkylation sites (tertiary alicyclic amines) is 1. The maximum atomic E-state index is 14.5. The third-order valence-corrected chi connectivity index (χ3v) is 9.43. The molecule has 3 aliphatic rings. The van der Waals surface area contributed by atoms with Crippen LogP contribution in [0.5, 0.6) is 5.75 Å². The van der Waals surface area contributed by atoms with Crippen LogP contribution in [0.15, 0.2) is 72.8 Å². The van der Waals surface area contributed by atoms with Gasteiger partial charge in [-0.2, -0.15) is 0 Å². The molecule has 3 aromatic carbocycles. The predicted octanol–water partition coefficient (Wildman–Crippen LogP) is 4.60. The van der Waals surface area contributed by atoms with Crippen LogP contribution in [-0.4, -0.2) is 64.7 Å². The van der Waals surface area contributed by atoms with Crippen LogP contribution in [0.3, 0.4) is 0 Å². The maximum absolute atomic E-state index is 14.5. The average molecular weight is 618 g/mol. The van der Waals surface area contributed by atoms with Crippen LogP contribution >= 0.6 is 11.6 Å². The standard InChI is InChI=1S/C34H36ClN3O6/c1-3-43-24-14-12-22(13-15-24)36-31(40)27-26-16-17-34(44-26)28(27)33(42)38(23(19-39)18-21-9-5-4-6-10-21)30(34)32(41)37-29-20(2)8-7-11-25(29)35/h4-15,23,26-28,30,39H,3,16-19H2,1-2H3,(H,36,40)(H,37,41)/t23-,26+,27-,28+,30?,34?/m1/s1. The number of carbonyl (C=O) groups is 3. The van der Waals surface area contributed by atoms with E-state index in [-0.39, 0.29) is 18.4 Å². The molecule has 0 aliphatic carbocycles. The summed E-state index contributed by atoms with van der Waals surface area (Å²) in [6, 6.07) is 20.1. The second-order valence-corrected chi connectivity index (χ2v) is 12.1. The Morgan fingerprint density at radius 2 is 1.82 bits per heavy atom. The number of amides is 3. The number of ether oxygens (including phenoxy) is 2. The Bertz CT molecular complexity index is 1530. The fourth-order valence-electron chi connectivity index (χ4n) is 7.23. The number of hydrogen-bond donors (Lipinski definition) is 3. The Hall–Kier alpha value is -3.92. The Morgan fingerprint density at radius 1 is 1.07 bits per heavy atom. The zero-order chi connectivity index (χ0) is 31.0. The number of aliphatic hydroxyl groups excluding tert-OH is 1. The number of carbonyl (C=O) groups excluding carboxylic acids is 3. The second kappa shape index (κ2) is 12.2. The van der Waals surface area contributed by atoms with Crippen LogP contribution in [-0.2, 0) is 25.5 Å². The number of para-hydroxylation sites is 1. The summed E-state index contributed by atoms with van der Waals surface area (Å²) in [5.41, 5.74) is 1.46. The van der Waals surface area contributed by atoms with Crippen molar-refractivity contribution in [2.24, 2.45) is 11.8 Å². The summed E-state index contributed by atoms with van der Waals surface area (Å²) < 4.78 is 12.1. The van der Waals surface area contributed by atoms with Gasteiger partial charge in [-0.15, -0.1) is 0 Å². The molecule has 2 bridgehead atoms. The van der Waals surface area contributed by atoms with Crippen LogP contribution < -0.4 is 15.4 Å². The lowest BCUT2D eigenvalue weighted by Gasteiger charge is -2.37. The first-order chi connectivity index (χ1) is 21.3. The molecule has 3 heterocycles. The Balaban J connectivity index is 1.35. The fraction of sp³-hybridized carbons (Fsp3) is 0.382. The Morgan fingerprint density at radius 3 is 2.50 bits per heavy atom. The molecule has 0 aromatic heterocycles. The van der Waals surface area contributed by atoms with Crippen molar-refractivity contribution in [3.05, 3.63) is 88.9 Å². The van der Waals surface area contributed by atoms with E-state index in [1.54, 1.807) is 36.4 Å². The van der Waals surface area contributed by atoms with E-state index >= 15 is 0 Å². The number of benzene rings is 3. The van der Waals surface area contributed by atoms with Crippen LogP contribution in [0.25, 0.3) is 0 Å². The summed E-state index contributed by atoms with van der Waals surface area (Å²) in [6.07, 6.45) is 0.761. The monoisotopic (exact) mass is 617 g/mol. The van der Waals surface area contributed by atoms with Gasteiger partial charge >= 0.3 is 0 Å². The molecule has 0 saturated carbocycles. The van der Waals surface area contributed by atoms with Gasteiger partial charge < -0.3 is 30.1 Å². The lowest BCUT2D eigenvalue weighted by atomic mass is 9.70. The van der Waals surface area contributed by atoms with Crippen LogP contribution in [0.4, 0.5) is 11.4 Å². The minimum atomic E-state index is -1.23. The molecule has 3 saturated heterocycles. The molecule has 3 N–H and O–H groups in total. The van der Waals surface area contributed by atoms with E-state index in [4.69, 9.17) is 21.1 Å². The van der Waals surface area contributed by atoms with E-state index < -0.39 is 41.5 Å². The van der Waals surface area contributed by atoms with E-state index in [2.05, 4.69) is 10.6 Å². The lowest BCUT2D eigenvalue weighted by Crippen LogP contribution is -2.56. The Labute approximate surface area is 261 Å². The summed E-state index contributed by atoms with van der Waals surface area (Å²) in [4.78, 5) is 44.1. The molecule has 2 unspecified atom stereocenters. The van der Waals surface area contributed by atoms with Gasteiger partial charge in [0.15, 0.2) is 0 Å². The van der Waals surface area contributed by atoms with Crippen molar-refractivity contribution in [3.8, 4) is 5.75 Å². The number of rotatable bonds is 10. The summed E-state index contributed by atoms with van der Waals surface area (Å²) >= 11 is 6.47. The summed E-state index contributed by atoms with van der Waals surface area (Å²) in [6.45, 7) is 3.89. The van der Waals surface area contributed by atoms with Crippen molar-refractivity contribution in [1.29, 1.82) is 0 Å². The van der Waals surface area contributed by atoms with Crippen molar-refractivity contribution in [1.82, 2.24) is 4.90 Å². The molecule has 10 heteroatoms. The highest BCUT2D eigenvalue weighted by Gasteiger charge is 2.75. The molecular formula is C34H36ClN3O6. The third-order valence-electron chi connectivity index (χ3n) is 9.11. The second-order valence-electron chi connectivity index (χ2n) is 11.7. The third kappa shape index (κ3) is 5.23. The number of nitrogens with one attached hydrogen (secondary N) is 2. The quantitative estimate of drug-likeness (QED) is 0.306. The molecule has 9 nitrogen and oxygen atoms in total. The van der Waals surface area contributed by atoms with Crippen LogP contribution in [0.2, 0.25) is 5.02 Å². The number of hydrogen-bond acceptors (Lipinski definition) is 6. The largest absolute Gasteiger partial charge is 0.494 e. The molecule has 3 fully saturated rings. The van der Waals surface area contributed by atoms with Crippen LogP contribution in [0, 0.1) is 18.8 Å². The lowest BCUT2D eigenvalue weighted by molar-refractivity contribution is -0.143. The van der Waals surface area contributed by atoms with E-state index in [1.807, 2.05) is 50.2 Å². The van der Waals surface area contributed by atoms with Crippen molar-refractivity contribution in [2.45, 2.75) is 56.9 Å². The van der Waals surface area contributed by atoms with Gasteiger partial charge in [0.05, 0.1) is 47.9 Å². The highest BCUT2D eigenvalue weighted by Crippen LogP contribution is 2.59. The molecule has 44 heavy (non-hydrogen) atoms. The van der Waals surface area contributed by atoms with Gasteiger partial charge in [0.2, 0.25) is 17.7 Å². The topological polar surface area (TPSA) is 117 Å². The smallest absolute Gasteiger partial charge is 0.250 e. The molecule has 1 spiro atoms. The number of halogens is 1. The van der Waals surface area contributed by atoms with E-state index in [9.17, 15) is 19.5 Å². The minimum Gasteiger partial charge on any atom is -0.494 e. The number of nitrogens with zero attached hydrogens (tertiary/aromatic N) is 1.